The van der Waals surface area contributed by atoms with Crippen LogP contribution in [0.3, 0.4) is 0 Å². The third kappa shape index (κ3) is 5.93. The van der Waals surface area contributed by atoms with Crippen LogP contribution >= 0.6 is 0 Å². The van der Waals surface area contributed by atoms with Crippen molar-refractivity contribution in [3.05, 3.63) is 52.7 Å². The molecule has 0 fully saturated rings. The summed E-state index contributed by atoms with van der Waals surface area (Å²) in [4.78, 5) is 19.1. The lowest BCUT2D eigenvalue weighted by molar-refractivity contribution is 0.0934. The van der Waals surface area contributed by atoms with Crippen LogP contribution < -0.4 is 5.32 Å². The molecule has 28 heavy (non-hydrogen) atoms. The minimum atomic E-state index is -0.179. The molecule has 2 aromatic rings. The number of carbonyl (C=O) groups is 1. The van der Waals surface area contributed by atoms with E-state index in [0.29, 0.717) is 30.1 Å². The second kappa shape index (κ2) is 9.87. The van der Waals surface area contributed by atoms with Gasteiger partial charge in [0, 0.05) is 18.6 Å². The van der Waals surface area contributed by atoms with Gasteiger partial charge in [-0.25, -0.2) is 4.98 Å². The molecule has 5 nitrogen and oxygen atoms in total. The number of benzene rings is 1. The van der Waals surface area contributed by atoms with E-state index in [1.54, 1.807) is 0 Å². The molecule has 0 bridgehead atoms. The van der Waals surface area contributed by atoms with Crippen molar-refractivity contribution in [2.24, 2.45) is 5.92 Å². The third-order valence-electron chi connectivity index (χ3n) is 5.52. The van der Waals surface area contributed by atoms with Gasteiger partial charge in [-0.2, -0.15) is 0 Å². The Labute approximate surface area is 169 Å². The Morgan fingerprint density at radius 2 is 1.89 bits per heavy atom. The van der Waals surface area contributed by atoms with E-state index in [0.717, 1.165) is 13.0 Å². The number of hydrogen-bond acceptors (Lipinski definition) is 4. The van der Waals surface area contributed by atoms with Crippen molar-refractivity contribution in [1.29, 1.82) is 0 Å². The first-order chi connectivity index (χ1) is 13.2. The monoisotopic (exact) mass is 385 g/mol. The number of carbonyl (C=O) groups excluding carboxylic acids is 1. The fraction of sp³-hybridized carbons (Fsp3) is 0.565. The Morgan fingerprint density at radius 1 is 1.18 bits per heavy atom. The van der Waals surface area contributed by atoms with Gasteiger partial charge in [-0.1, -0.05) is 44.5 Å². The highest BCUT2D eigenvalue weighted by Crippen LogP contribution is 2.20. The number of aromatic nitrogens is 1. The van der Waals surface area contributed by atoms with Crippen LogP contribution in [0.15, 0.2) is 28.9 Å². The Hall–Kier alpha value is -2.14. The summed E-state index contributed by atoms with van der Waals surface area (Å²) in [6, 6.07) is 7.05. The lowest BCUT2D eigenvalue weighted by atomic mass is 10.0. The summed E-state index contributed by atoms with van der Waals surface area (Å²) in [6.07, 6.45) is 2.34. The highest BCUT2D eigenvalue weighted by Gasteiger charge is 2.22. The third-order valence-corrected chi connectivity index (χ3v) is 5.52. The van der Waals surface area contributed by atoms with Crippen molar-refractivity contribution in [3.63, 3.8) is 0 Å². The molecular weight excluding hydrogens is 350 g/mol. The van der Waals surface area contributed by atoms with Crippen molar-refractivity contribution in [3.8, 4) is 0 Å². The minimum Gasteiger partial charge on any atom is -0.447 e. The number of rotatable bonds is 9. The molecule has 154 valence electrons. The summed E-state index contributed by atoms with van der Waals surface area (Å²) >= 11 is 0. The van der Waals surface area contributed by atoms with Gasteiger partial charge in [0.2, 0.25) is 5.89 Å². The second-order valence-electron chi connectivity index (χ2n) is 8.23. The number of amides is 1. The number of oxazole rings is 1. The zero-order valence-corrected chi connectivity index (χ0v) is 18.4. The van der Waals surface area contributed by atoms with E-state index in [1.165, 1.54) is 23.0 Å². The van der Waals surface area contributed by atoms with Gasteiger partial charge < -0.3 is 9.73 Å². The van der Waals surface area contributed by atoms with E-state index in [2.05, 4.69) is 68.0 Å². The van der Waals surface area contributed by atoms with Crippen molar-refractivity contribution in [1.82, 2.24) is 15.2 Å². The molecule has 5 heteroatoms. The maximum Gasteiger partial charge on any atom is 0.273 e. The smallest absolute Gasteiger partial charge is 0.273 e. The van der Waals surface area contributed by atoms with Crippen LogP contribution in [0.1, 0.15) is 74.1 Å². The Balaban J connectivity index is 2.16. The van der Waals surface area contributed by atoms with E-state index >= 15 is 0 Å². The first-order valence-corrected chi connectivity index (χ1v) is 10.3. The van der Waals surface area contributed by atoms with Crippen molar-refractivity contribution in [2.45, 2.75) is 80.1 Å². The Bertz CT molecular complexity index is 782. The zero-order valence-electron chi connectivity index (χ0n) is 18.4. The quantitative estimate of drug-likeness (QED) is 0.669. The van der Waals surface area contributed by atoms with Crippen molar-refractivity contribution < 1.29 is 9.21 Å². The largest absolute Gasteiger partial charge is 0.447 e. The van der Waals surface area contributed by atoms with E-state index in [4.69, 9.17) is 4.42 Å². The van der Waals surface area contributed by atoms with Gasteiger partial charge in [-0.15, -0.1) is 0 Å². The number of nitrogens with zero attached hydrogens (tertiary/aromatic N) is 2. The number of hydrogen-bond donors (Lipinski definition) is 1. The summed E-state index contributed by atoms with van der Waals surface area (Å²) in [5.41, 5.74) is 4.22. The fourth-order valence-electron chi connectivity index (χ4n) is 3.07. The molecule has 2 atom stereocenters. The van der Waals surface area contributed by atoms with Crippen molar-refractivity contribution in [2.75, 3.05) is 0 Å². The molecule has 0 aliphatic heterocycles. The predicted molar refractivity (Wildman–Crippen MR) is 113 cm³/mol. The van der Waals surface area contributed by atoms with E-state index in [1.807, 2.05) is 13.8 Å². The molecular formula is C23H35N3O2. The lowest BCUT2D eigenvalue weighted by Gasteiger charge is -2.31. The van der Waals surface area contributed by atoms with Gasteiger partial charge in [0.05, 0.1) is 6.54 Å². The number of aryl methyl sites for hydroxylation is 2. The van der Waals surface area contributed by atoms with Crippen molar-refractivity contribution >= 4 is 5.91 Å². The first kappa shape index (κ1) is 22.2. The van der Waals surface area contributed by atoms with Crippen LogP contribution in [0.4, 0.5) is 0 Å². The summed E-state index contributed by atoms with van der Waals surface area (Å²) in [5.74, 6) is 0.891. The van der Waals surface area contributed by atoms with Crippen LogP contribution in [-0.4, -0.2) is 27.9 Å². The summed E-state index contributed by atoms with van der Waals surface area (Å²) in [6.45, 7) is 16.4. The average molecular weight is 386 g/mol. The Morgan fingerprint density at radius 3 is 2.50 bits per heavy atom. The molecule has 1 heterocycles. The van der Waals surface area contributed by atoms with Gasteiger partial charge in [-0.05, 0) is 51.2 Å². The molecule has 0 saturated heterocycles. The summed E-state index contributed by atoms with van der Waals surface area (Å²) in [5, 5.41) is 2.93. The maximum absolute atomic E-state index is 12.3. The standard InChI is InChI=1S/C23H35N3O2/c1-8-18(6)24-23(27)21-14-28-22(25-21)13-26(19(7)15(2)3)12-20-10-9-16(4)11-17(20)5/h9-11,14-15,18-19H,8,12-13H2,1-7H3,(H,24,27)/t18-,19-/m1/s1. The normalized spacial score (nSPS) is 13.8. The Kier molecular flexibility index (Phi) is 7.81. The van der Waals surface area contributed by atoms with Crippen LogP contribution in [-0.2, 0) is 13.1 Å². The van der Waals surface area contributed by atoms with Gasteiger partial charge in [0.15, 0.2) is 5.69 Å². The topological polar surface area (TPSA) is 58.4 Å². The second-order valence-corrected chi connectivity index (χ2v) is 8.23. The fourth-order valence-corrected chi connectivity index (χ4v) is 3.07. The van der Waals surface area contributed by atoms with E-state index < -0.39 is 0 Å². The molecule has 0 radical (unpaired) electrons. The highest BCUT2D eigenvalue weighted by atomic mass is 16.3. The number of nitrogens with one attached hydrogen (secondary N) is 1. The van der Waals surface area contributed by atoms with Crippen LogP contribution in [0.5, 0.6) is 0 Å². The van der Waals surface area contributed by atoms with Crippen LogP contribution in [0.2, 0.25) is 0 Å². The van der Waals surface area contributed by atoms with Crippen LogP contribution in [0, 0.1) is 19.8 Å². The SMILES string of the molecule is CC[C@@H](C)NC(=O)c1coc(CN(Cc2ccc(C)cc2C)[C@H](C)C(C)C)n1. The molecule has 1 amide bonds. The minimum absolute atomic E-state index is 0.120. The first-order valence-electron chi connectivity index (χ1n) is 10.3. The van der Waals surface area contributed by atoms with Gasteiger partial charge in [0.1, 0.15) is 6.26 Å². The predicted octanol–water partition coefficient (Wildman–Crippen LogP) is 4.87. The van der Waals surface area contributed by atoms with Gasteiger partial charge in [0.25, 0.3) is 5.91 Å². The molecule has 0 aliphatic carbocycles. The molecule has 0 unspecified atom stereocenters. The maximum atomic E-state index is 12.3. The highest BCUT2D eigenvalue weighted by molar-refractivity contribution is 5.92. The summed E-state index contributed by atoms with van der Waals surface area (Å²) in [7, 11) is 0. The average Bonchev–Trinajstić information content (AvgIpc) is 3.11. The molecule has 1 aromatic heterocycles. The molecule has 1 aromatic carbocycles. The molecule has 0 aliphatic rings. The van der Waals surface area contributed by atoms with Crippen LogP contribution in [0.25, 0.3) is 0 Å². The molecule has 0 saturated carbocycles. The molecule has 0 spiro atoms. The lowest BCUT2D eigenvalue weighted by Crippen LogP contribution is -2.36. The molecule has 1 N–H and O–H groups in total. The zero-order chi connectivity index (χ0) is 20.8. The molecule has 2 rings (SSSR count). The van der Waals surface area contributed by atoms with Gasteiger partial charge >= 0.3 is 0 Å². The summed E-state index contributed by atoms with van der Waals surface area (Å²) < 4.78 is 5.63. The van der Waals surface area contributed by atoms with E-state index in [-0.39, 0.29) is 11.9 Å². The van der Waals surface area contributed by atoms with Gasteiger partial charge in [-0.3, -0.25) is 9.69 Å². The van der Waals surface area contributed by atoms with E-state index in [9.17, 15) is 4.79 Å².